The molecule has 0 saturated carbocycles. The van der Waals surface area contributed by atoms with Crippen LogP contribution in [0, 0.1) is 16.5 Å². The lowest BCUT2D eigenvalue weighted by atomic mass is 10.0. The van der Waals surface area contributed by atoms with E-state index in [9.17, 15) is 4.39 Å². The molecule has 0 unspecified atom stereocenters. The van der Waals surface area contributed by atoms with Crippen LogP contribution in [0.3, 0.4) is 0 Å². The number of ether oxygens (including phenoxy) is 1. The van der Waals surface area contributed by atoms with E-state index < -0.39 is 0 Å². The molecule has 3 nitrogen and oxygen atoms in total. The SMILES string of the molecule is COc1cc2c(cc1F)[nH]c(=S)n2CC1CCSCC1. The zero-order valence-corrected chi connectivity index (χ0v) is 13.0. The number of hydrogen-bond acceptors (Lipinski definition) is 3. The van der Waals surface area contributed by atoms with Crippen LogP contribution < -0.4 is 4.74 Å². The average Bonchev–Trinajstić information content (AvgIpc) is 2.74. The number of nitrogens with zero attached hydrogens (tertiary/aromatic N) is 1. The molecular formula is C14H17FN2OS2. The topological polar surface area (TPSA) is 29.9 Å². The maximum Gasteiger partial charge on any atom is 0.178 e. The smallest absolute Gasteiger partial charge is 0.178 e. The van der Waals surface area contributed by atoms with Crippen molar-refractivity contribution in [3.8, 4) is 5.75 Å². The molecule has 1 saturated heterocycles. The summed E-state index contributed by atoms with van der Waals surface area (Å²) < 4.78 is 21.5. The summed E-state index contributed by atoms with van der Waals surface area (Å²) in [5.74, 6) is 2.99. The maximum absolute atomic E-state index is 13.7. The second kappa shape index (κ2) is 5.77. The Balaban J connectivity index is 2.00. The Morgan fingerprint density at radius 2 is 2.20 bits per heavy atom. The van der Waals surface area contributed by atoms with Crippen molar-refractivity contribution in [1.29, 1.82) is 0 Å². The van der Waals surface area contributed by atoms with Gasteiger partial charge in [-0.2, -0.15) is 11.8 Å². The lowest BCUT2D eigenvalue weighted by molar-refractivity contribution is 0.386. The van der Waals surface area contributed by atoms with E-state index in [0.29, 0.717) is 10.7 Å². The summed E-state index contributed by atoms with van der Waals surface area (Å²) in [7, 11) is 1.48. The van der Waals surface area contributed by atoms with Crippen molar-refractivity contribution in [2.24, 2.45) is 5.92 Å². The van der Waals surface area contributed by atoms with Gasteiger partial charge in [-0.05, 0) is 42.5 Å². The number of imidazole rings is 1. The Labute approximate surface area is 126 Å². The van der Waals surface area contributed by atoms with E-state index in [0.717, 1.165) is 17.6 Å². The Morgan fingerprint density at radius 3 is 2.90 bits per heavy atom. The quantitative estimate of drug-likeness (QED) is 0.869. The van der Waals surface area contributed by atoms with E-state index in [4.69, 9.17) is 17.0 Å². The van der Waals surface area contributed by atoms with Gasteiger partial charge in [-0.1, -0.05) is 0 Å². The summed E-state index contributed by atoms with van der Waals surface area (Å²) >= 11 is 7.40. The van der Waals surface area contributed by atoms with E-state index in [2.05, 4.69) is 9.55 Å². The van der Waals surface area contributed by atoms with Crippen molar-refractivity contribution in [2.45, 2.75) is 19.4 Å². The molecule has 1 aromatic heterocycles. The highest BCUT2D eigenvalue weighted by atomic mass is 32.2. The van der Waals surface area contributed by atoms with E-state index in [1.807, 2.05) is 11.8 Å². The Kier molecular flexibility index (Phi) is 4.03. The highest BCUT2D eigenvalue weighted by Gasteiger charge is 2.17. The molecule has 1 aliphatic rings. The molecule has 0 spiro atoms. The van der Waals surface area contributed by atoms with Gasteiger partial charge in [-0.3, -0.25) is 0 Å². The summed E-state index contributed by atoms with van der Waals surface area (Å²) in [6.45, 7) is 0.897. The van der Waals surface area contributed by atoms with Crippen LogP contribution in [0.4, 0.5) is 4.39 Å². The third-order valence-electron chi connectivity index (χ3n) is 3.83. The summed E-state index contributed by atoms with van der Waals surface area (Å²) in [5, 5.41) is 0. The molecule has 2 heterocycles. The molecule has 6 heteroatoms. The van der Waals surface area contributed by atoms with Crippen LogP contribution in [-0.4, -0.2) is 28.2 Å². The van der Waals surface area contributed by atoms with Crippen molar-refractivity contribution in [3.63, 3.8) is 0 Å². The summed E-state index contributed by atoms with van der Waals surface area (Å²) in [5.41, 5.74) is 1.66. The molecule has 1 fully saturated rings. The fourth-order valence-electron chi connectivity index (χ4n) is 2.68. The predicted octanol–water partition coefficient (Wildman–Crippen LogP) is 3.99. The third-order valence-corrected chi connectivity index (χ3v) is 5.20. The first-order valence-corrected chi connectivity index (χ1v) is 8.29. The molecule has 0 radical (unpaired) electrons. The summed E-state index contributed by atoms with van der Waals surface area (Å²) in [6.07, 6.45) is 2.44. The zero-order valence-electron chi connectivity index (χ0n) is 11.3. The molecule has 0 aliphatic carbocycles. The first-order chi connectivity index (χ1) is 9.69. The molecule has 0 atom stereocenters. The van der Waals surface area contributed by atoms with Gasteiger partial charge in [0, 0.05) is 18.7 Å². The fraction of sp³-hybridized carbons (Fsp3) is 0.500. The minimum absolute atomic E-state index is 0.263. The molecule has 1 aromatic carbocycles. The van der Waals surface area contributed by atoms with Gasteiger partial charge in [0.25, 0.3) is 0 Å². The van der Waals surface area contributed by atoms with Crippen molar-refractivity contribution in [3.05, 3.63) is 22.7 Å². The predicted molar refractivity (Wildman–Crippen MR) is 83.7 cm³/mol. The Hall–Kier alpha value is -1.01. The van der Waals surface area contributed by atoms with Gasteiger partial charge in [-0.15, -0.1) is 0 Å². The number of benzene rings is 1. The first-order valence-electron chi connectivity index (χ1n) is 6.73. The van der Waals surface area contributed by atoms with Crippen LogP contribution in [0.2, 0.25) is 0 Å². The first kappa shape index (κ1) is 13.9. The van der Waals surface area contributed by atoms with E-state index in [1.165, 1.54) is 37.5 Å². The third kappa shape index (κ3) is 2.59. The minimum Gasteiger partial charge on any atom is -0.494 e. The molecule has 2 aromatic rings. The van der Waals surface area contributed by atoms with Gasteiger partial charge in [0.2, 0.25) is 0 Å². The molecular weight excluding hydrogens is 295 g/mol. The zero-order chi connectivity index (χ0) is 14.1. The largest absolute Gasteiger partial charge is 0.494 e. The van der Waals surface area contributed by atoms with Crippen molar-refractivity contribution >= 4 is 35.0 Å². The maximum atomic E-state index is 13.7. The summed E-state index contributed by atoms with van der Waals surface area (Å²) in [6, 6.07) is 3.19. The van der Waals surface area contributed by atoms with Crippen molar-refractivity contribution < 1.29 is 9.13 Å². The van der Waals surface area contributed by atoms with E-state index >= 15 is 0 Å². The molecule has 3 rings (SSSR count). The number of fused-ring (bicyclic) bond motifs is 1. The van der Waals surface area contributed by atoms with Gasteiger partial charge >= 0.3 is 0 Å². The Bertz CT molecular complexity index is 674. The number of nitrogens with one attached hydrogen (secondary N) is 1. The molecule has 0 bridgehead atoms. The molecule has 1 aliphatic heterocycles. The number of rotatable bonds is 3. The summed E-state index contributed by atoms with van der Waals surface area (Å²) in [4.78, 5) is 3.09. The van der Waals surface area contributed by atoms with Crippen LogP contribution in [0.1, 0.15) is 12.8 Å². The van der Waals surface area contributed by atoms with Gasteiger partial charge < -0.3 is 14.3 Å². The number of aromatic nitrogens is 2. The lowest BCUT2D eigenvalue weighted by Gasteiger charge is -2.22. The van der Waals surface area contributed by atoms with Crippen LogP contribution in [-0.2, 0) is 6.54 Å². The van der Waals surface area contributed by atoms with Gasteiger partial charge in [0.15, 0.2) is 16.3 Å². The highest BCUT2D eigenvalue weighted by molar-refractivity contribution is 7.99. The van der Waals surface area contributed by atoms with Crippen LogP contribution in [0.25, 0.3) is 11.0 Å². The van der Waals surface area contributed by atoms with Crippen LogP contribution in [0.5, 0.6) is 5.75 Å². The van der Waals surface area contributed by atoms with Crippen molar-refractivity contribution in [2.75, 3.05) is 18.6 Å². The molecule has 0 amide bonds. The fourth-order valence-corrected chi connectivity index (χ4v) is 4.17. The number of hydrogen-bond donors (Lipinski definition) is 1. The number of thioether (sulfide) groups is 1. The standard InChI is InChI=1S/C14H17FN2OS2/c1-18-13-7-12-11(6-10(13)15)16-14(19)17(12)8-9-2-4-20-5-3-9/h6-7,9H,2-5,8H2,1H3,(H,16,19). The van der Waals surface area contributed by atoms with Gasteiger partial charge in [-0.25, -0.2) is 4.39 Å². The van der Waals surface area contributed by atoms with E-state index in [1.54, 1.807) is 6.07 Å². The number of methoxy groups -OCH3 is 1. The highest BCUT2D eigenvalue weighted by Crippen LogP contribution is 2.28. The second-order valence-corrected chi connectivity index (χ2v) is 6.71. The molecule has 108 valence electrons. The van der Waals surface area contributed by atoms with E-state index in [-0.39, 0.29) is 11.6 Å². The minimum atomic E-state index is -0.363. The normalized spacial score (nSPS) is 16.7. The number of H-pyrrole nitrogens is 1. The molecule has 20 heavy (non-hydrogen) atoms. The van der Waals surface area contributed by atoms with Gasteiger partial charge in [0.05, 0.1) is 18.1 Å². The molecule has 1 N–H and O–H groups in total. The van der Waals surface area contributed by atoms with Gasteiger partial charge in [0.1, 0.15) is 0 Å². The average molecular weight is 312 g/mol. The second-order valence-electron chi connectivity index (χ2n) is 5.10. The monoisotopic (exact) mass is 312 g/mol. The number of aromatic amines is 1. The van der Waals surface area contributed by atoms with Crippen LogP contribution in [0.15, 0.2) is 12.1 Å². The number of halogens is 1. The Morgan fingerprint density at radius 1 is 1.45 bits per heavy atom. The lowest BCUT2D eigenvalue weighted by Crippen LogP contribution is -2.16. The van der Waals surface area contributed by atoms with Crippen molar-refractivity contribution in [1.82, 2.24) is 9.55 Å². The van der Waals surface area contributed by atoms with Crippen LogP contribution >= 0.6 is 24.0 Å².